The molecule has 0 aromatic heterocycles. The lowest BCUT2D eigenvalue weighted by molar-refractivity contribution is -0.146. The highest BCUT2D eigenvalue weighted by atomic mass is 31.2. The van der Waals surface area contributed by atoms with E-state index in [1.165, 1.54) is 25.7 Å². The number of aliphatic hydroxyl groups is 1. The van der Waals surface area contributed by atoms with E-state index in [0.717, 1.165) is 57.8 Å². The van der Waals surface area contributed by atoms with Gasteiger partial charge < -0.3 is 20.1 Å². The lowest BCUT2D eigenvalue weighted by Crippen LogP contribution is -2.27. The zero-order chi connectivity index (χ0) is 32.6. The van der Waals surface area contributed by atoms with Gasteiger partial charge in [0.25, 0.3) is 0 Å². The second-order valence-corrected chi connectivity index (χ2v) is 11.8. The highest BCUT2D eigenvalue weighted by Crippen LogP contribution is 2.42. The van der Waals surface area contributed by atoms with Gasteiger partial charge in [-0.2, -0.15) is 0 Å². The maximum absolute atomic E-state index is 11.9. The molecule has 9 nitrogen and oxygen atoms in total. The van der Waals surface area contributed by atoms with Gasteiger partial charge in [0, 0.05) is 19.4 Å². The third-order valence-electron chi connectivity index (χ3n) is 6.27. The predicted molar refractivity (Wildman–Crippen MR) is 178 cm³/mol. The van der Waals surface area contributed by atoms with Gasteiger partial charge >= 0.3 is 13.8 Å². The molecule has 0 aromatic carbocycles. The van der Waals surface area contributed by atoms with E-state index in [4.69, 9.17) is 9.26 Å². The second kappa shape index (κ2) is 30.7. The summed E-state index contributed by atoms with van der Waals surface area (Å²) < 4.78 is 26.0. The predicted octanol–water partition coefficient (Wildman–Crippen LogP) is 7.81. The number of phosphoric acid groups is 1. The van der Waals surface area contributed by atoms with E-state index >= 15 is 0 Å². The Morgan fingerprint density at radius 3 is 1.82 bits per heavy atom. The maximum atomic E-state index is 11.9. The van der Waals surface area contributed by atoms with Crippen molar-refractivity contribution in [3.8, 4) is 0 Å². The number of rotatable bonds is 29. The van der Waals surface area contributed by atoms with Gasteiger partial charge in [-0.05, 0) is 51.4 Å². The van der Waals surface area contributed by atoms with E-state index in [0.29, 0.717) is 6.42 Å². The minimum Gasteiger partial charge on any atom is -0.463 e. The summed E-state index contributed by atoms with van der Waals surface area (Å²) >= 11 is 0. The van der Waals surface area contributed by atoms with Crippen LogP contribution in [0.3, 0.4) is 0 Å². The molecule has 0 bridgehead atoms. The number of hydrogen-bond acceptors (Lipinski definition) is 7. The number of amides is 1. The molecule has 0 spiro atoms. The Kier molecular flexibility index (Phi) is 29.1. The van der Waals surface area contributed by atoms with Crippen LogP contribution in [0.2, 0.25) is 0 Å². The van der Waals surface area contributed by atoms with Crippen LogP contribution >= 0.6 is 7.82 Å². The molecule has 0 radical (unpaired) electrons. The van der Waals surface area contributed by atoms with E-state index in [1.54, 1.807) is 6.92 Å². The topological polar surface area (TPSA) is 131 Å². The van der Waals surface area contributed by atoms with Crippen LogP contribution in [0.5, 0.6) is 0 Å². The van der Waals surface area contributed by atoms with Gasteiger partial charge in [0.15, 0.2) is 0 Å². The molecule has 1 amide bonds. The van der Waals surface area contributed by atoms with E-state index in [2.05, 4.69) is 77.5 Å². The maximum Gasteiger partial charge on any atom is 0.472 e. The lowest BCUT2D eigenvalue weighted by Gasteiger charge is -2.15. The van der Waals surface area contributed by atoms with Crippen molar-refractivity contribution in [3.63, 3.8) is 0 Å². The summed E-state index contributed by atoms with van der Waals surface area (Å²) in [5.74, 6) is -0.625. The summed E-state index contributed by atoms with van der Waals surface area (Å²) in [6, 6.07) is 0. The van der Waals surface area contributed by atoms with Gasteiger partial charge in [0.05, 0.1) is 13.2 Å². The molecule has 0 heterocycles. The molecule has 0 saturated carbocycles. The van der Waals surface area contributed by atoms with E-state index in [9.17, 15) is 24.2 Å². The first-order valence-electron chi connectivity index (χ1n) is 16.3. The molecule has 252 valence electrons. The largest absolute Gasteiger partial charge is 0.472 e. The molecule has 3 N–H and O–H groups in total. The van der Waals surface area contributed by atoms with Crippen LogP contribution in [0.1, 0.15) is 110 Å². The summed E-state index contributed by atoms with van der Waals surface area (Å²) in [4.78, 5) is 32.6. The van der Waals surface area contributed by atoms with Gasteiger partial charge in [0.1, 0.15) is 12.7 Å². The zero-order valence-corrected chi connectivity index (χ0v) is 28.0. The highest BCUT2D eigenvalue weighted by Gasteiger charge is 2.23. The Morgan fingerprint density at radius 2 is 1.25 bits per heavy atom. The number of unbranched alkanes of at least 4 members (excludes halogenated alkanes) is 7. The number of hydrogen-bond donors (Lipinski definition) is 3. The molecule has 0 aliphatic carbocycles. The van der Waals surface area contributed by atoms with Crippen LogP contribution in [0.4, 0.5) is 0 Å². The number of nitrogens with one attached hydrogen (secondary N) is 1. The summed E-state index contributed by atoms with van der Waals surface area (Å²) in [6.45, 7) is 2.75. The van der Waals surface area contributed by atoms with Crippen molar-refractivity contribution in [2.45, 2.75) is 116 Å². The Bertz CT molecular complexity index is 913. The number of carbonyl (C=O) groups is 2. The van der Waals surface area contributed by atoms with E-state index in [-0.39, 0.29) is 32.1 Å². The minimum atomic E-state index is -4.38. The molecule has 0 fully saturated rings. The van der Waals surface area contributed by atoms with Crippen LogP contribution in [0, 0.1) is 0 Å². The average molecular weight is 640 g/mol. The summed E-state index contributed by atoms with van der Waals surface area (Å²) in [6.07, 6.45) is 35.4. The Hall–Kier alpha value is -2.29. The molecule has 10 heteroatoms. The quantitative estimate of drug-likeness (QED) is 0.0327. The van der Waals surface area contributed by atoms with Gasteiger partial charge in [-0.3, -0.25) is 18.6 Å². The molecule has 0 saturated heterocycles. The first kappa shape index (κ1) is 41.7. The fourth-order valence-corrected chi connectivity index (χ4v) is 4.55. The van der Waals surface area contributed by atoms with Crippen LogP contribution in [-0.4, -0.2) is 54.3 Å². The third kappa shape index (κ3) is 31.1. The Morgan fingerprint density at radius 1 is 0.727 bits per heavy atom. The number of esters is 1. The molecular weight excluding hydrogens is 581 g/mol. The van der Waals surface area contributed by atoms with Gasteiger partial charge in [-0.15, -0.1) is 0 Å². The monoisotopic (exact) mass is 639 g/mol. The van der Waals surface area contributed by atoms with Gasteiger partial charge in [-0.1, -0.05) is 107 Å². The number of carbonyl (C=O) groups excluding carboxylic acids is 2. The number of phosphoric ester groups is 1. The van der Waals surface area contributed by atoms with Crippen molar-refractivity contribution >= 4 is 19.7 Å². The molecule has 0 aliphatic heterocycles. The first-order valence-corrected chi connectivity index (χ1v) is 17.8. The smallest absolute Gasteiger partial charge is 0.463 e. The minimum absolute atomic E-state index is 0.0707. The third-order valence-corrected chi connectivity index (χ3v) is 7.25. The van der Waals surface area contributed by atoms with Crippen LogP contribution in [0.25, 0.3) is 0 Å². The van der Waals surface area contributed by atoms with E-state index < -0.39 is 26.5 Å². The highest BCUT2D eigenvalue weighted by molar-refractivity contribution is 7.47. The SMILES string of the molecule is CC/C=C\C/C=C\C/C=C\C/C=C\C/C=C\CCCCCCCCCC(=O)NCCOP(=O)(O)OCC(O)COC(=O)CC. The summed E-state index contributed by atoms with van der Waals surface area (Å²) in [7, 11) is -4.38. The molecule has 2 unspecified atom stereocenters. The molecule has 0 aliphatic rings. The van der Waals surface area contributed by atoms with Crippen molar-refractivity contribution in [2.75, 3.05) is 26.4 Å². The van der Waals surface area contributed by atoms with Crippen molar-refractivity contribution in [2.24, 2.45) is 0 Å². The van der Waals surface area contributed by atoms with Crippen molar-refractivity contribution in [3.05, 3.63) is 60.8 Å². The summed E-state index contributed by atoms with van der Waals surface area (Å²) in [5.41, 5.74) is 0. The average Bonchev–Trinajstić information content (AvgIpc) is 3.01. The molecule has 44 heavy (non-hydrogen) atoms. The zero-order valence-electron chi connectivity index (χ0n) is 27.1. The van der Waals surface area contributed by atoms with Crippen molar-refractivity contribution < 1.29 is 37.9 Å². The first-order chi connectivity index (χ1) is 21.3. The Labute approximate surface area is 266 Å². The molecule has 2 atom stereocenters. The molecular formula is C34H58NO8P. The summed E-state index contributed by atoms with van der Waals surface area (Å²) in [5, 5.41) is 12.3. The van der Waals surface area contributed by atoms with Crippen molar-refractivity contribution in [1.29, 1.82) is 0 Å². The van der Waals surface area contributed by atoms with Crippen LogP contribution in [-0.2, 0) is 27.9 Å². The lowest BCUT2D eigenvalue weighted by atomic mass is 10.1. The van der Waals surface area contributed by atoms with Gasteiger partial charge in [-0.25, -0.2) is 4.57 Å². The fourth-order valence-electron chi connectivity index (χ4n) is 3.80. The molecule has 0 aromatic rings. The normalized spacial score (nSPS) is 14.4. The second-order valence-electron chi connectivity index (χ2n) is 10.4. The standard InChI is InChI=1S/C34H58NO8P/c1-3-5-6-7-8-9-10-11-12-13-14-15-16-17-18-19-20-21-22-23-24-25-26-27-33(37)35-28-29-42-44(39,40)43-31-32(36)30-41-34(38)4-2/h5-6,8-9,11-12,14-15,17-18,32,36H,3-4,7,10,13,16,19-31H2,1-2H3,(H,35,37)(H,39,40)/b6-5-,9-8-,12-11-,15-14-,18-17-. The molecule has 0 rings (SSSR count). The number of aliphatic hydroxyl groups excluding tert-OH is 1. The van der Waals surface area contributed by atoms with E-state index in [1.807, 2.05) is 0 Å². The Balaban J connectivity index is 3.57. The van der Waals surface area contributed by atoms with Gasteiger partial charge in [0.2, 0.25) is 5.91 Å². The van der Waals surface area contributed by atoms with Crippen LogP contribution in [0.15, 0.2) is 60.8 Å². The number of allylic oxidation sites excluding steroid dienone is 10. The van der Waals surface area contributed by atoms with Crippen LogP contribution < -0.4 is 5.32 Å². The fraction of sp³-hybridized carbons (Fsp3) is 0.647. The number of ether oxygens (including phenoxy) is 1. The van der Waals surface area contributed by atoms with Crippen molar-refractivity contribution in [1.82, 2.24) is 5.32 Å².